The molecule has 1 amide bonds. The number of morpholine rings is 1. The highest BCUT2D eigenvalue weighted by atomic mass is 32.2. The number of benzene rings is 1. The summed E-state index contributed by atoms with van der Waals surface area (Å²) in [6, 6.07) is 3.31. The van der Waals surface area contributed by atoms with Crippen molar-refractivity contribution in [3.05, 3.63) is 28.5 Å². The van der Waals surface area contributed by atoms with E-state index < -0.39 is 21.7 Å². The van der Waals surface area contributed by atoms with Crippen LogP contribution in [0, 0.1) is 19.1 Å². The van der Waals surface area contributed by atoms with E-state index in [1.54, 1.807) is 40.1 Å². The van der Waals surface area contributed by atoms with E-state index in [1.165, 1.54) is 4.31 Å². The highest BCUT2D eigenvalue weighted by Crippen LogP contribution is 2.33. The van der Waals surface area contributed by atoms with Crippen LogP contribution in [0.15, 0.2) is 17.0 Å². The van der Waals surface area contributed by atoms with Crippen LogP contribution in [-0.4, -0.2) is 131 Å². The minimum absolute atomic E-state index is 0.0591. The lowest BCUT2D eigenvalue weighted by molar-refractivity contribution is -0.866. The van der Waals surface area contributed by atoms with Crippen molar-refractivity contribution in [2.75, 3.05) is 79.8 Å². The minimum atomic E-state index is -3.87. The van der Waals surface area contributed by atoms with Crippen LogP contribution >= 0.6 is 0 Å². The van der Waals surface area contributed by atoms with Gasteiger partial charge in [-0.1, -0.05) is 0 Å². The zero-order valence-corrected chi connectivity index (χ0v) is 25.7. The van der Waals surface area contributed by atoms with Gasteiger partial charge in [0, 0.05) is 51.6 Å². The Kier molecular flexibility index (Phi) is 9.50. The molecule has 0 aromatic heterocycles. The lowest BCUT2D eigenvalue weighted by Crippen LogP contribution is -2.58. The molecule has 0 spiro atoms. The Hall–Kier alpha value is -1.80. The van der Waals surface area contributed by atoms with Crippen LogP contribution in [0.25, 0.3) is 0 Å². The second kappa shape index (κ2) is 12.2. The van der Waals surface area contributed by atoms with E-state index in [0.29, 0.717) is 49.1 Å². The second-order valence-electron chi connectivity index (χ2n) is 12.3. The van der Waals surface area contributed by atoms with E-state index in [-0.39, 0.29) is 41.8 Å². The SMILES string of the molecule is COc1cc(C)c(S(=O)(=O)N2CC(C)(C)OC[C@H]2COCC(=O)N2CCN(C3CC[N+](C)([O-])CC3)CC2)c(C)c1. The number of carbonyl (C=O) groups excluding carboxylic acids is 1. The van der Waals surface area contributed by atoms with E-state index in [2.05, 4.69) is 4.90 Å². The maximum absolute atomic E-state index is 13.9. The first-order valence-electron chi connectivity index (χ1n) is 14.2. The Morgan fingerprint density at radius 1 is 1.12 bits per heavy atom. The van der Waals surface area contributed by atoms with Crippen molar-refractivity contribution in [3.8, 4) is 5.75 Å². The highest BCUT2D eigenvalue weighted by molar-refractivity contribution is 7.89. The molecule has 3 heterocycles. The summed E-state index contributed by atoms with van der Waals surface area (Å²) >= 11 is 0. The number of hydroxylamine groups is 3. The topological polar surface area (TPSA) is 112 Å². The van der Waals surface area contributed by atoms with E-state index in [1.807, 2.05) is 18.7 Å². The summed E-state index contributed by atoms with van der Waals surface area (Å²) in [5, 5.41) is 12.1. The zero-order valence-electron chi connectivity index (χ0n) is 24.8. The molecular weight excluding hydrogens is 536 g/mol. The number of rotatable bonds is 8. The molecule has 1 aromatic rings. The Labute approximate surface area is 239 Å². The van der Waals surface area contributed by atoms with Crippen LogP contribution in [0.5, 0.6) is 5.75 Å². The van der Waals surface area contributed by atoms with Crippen LogP contribution in [-0.2, 0) is 24.3 Å². The van der Waals surface area contributed by atoms with Crippen molar-refractivity contribution < 1.29 is 32.1 Å². The Bertz CT molecular complexity index is 1130. The summed E-state index contributed by atoms with van der Waals surface area (Å²) in [6.45, 7) is 11.7. The first-order valence-corrected chi connectivity index (χ1v) is 15.6. The summed E-state index contributed by atoms with van der Waals surface area (Å²) in [6.07, 6.45) is 1.79. The Balaban J connectivity index is 1.34. The van der Waals surface area contributed by atoms with Gasteiger partial charge in [0.2, 0.25) is 15.9 Å². The standard InChI is InChI=1S/C28H46N4O7S/c1-21-15-25(37-6)16-22(2)27(21)40(35,36)31-20-28(3,4)39-18-24(31)17-38-19-26(33)30-11-9-29(10-12-30)23-7-13-32(5,34)14-8-23/h15-16,23-24H,7-14,17-20H2,1-6H3/t23?,24-,32?/m1/s1. The predicted octanol–water partition coefficient (Wildman–Crippen LogP) is 1.75. The van der Waals surface area contributed by atoms with Crippen LogP contribution in [0.4, 0.5) is 0 Å². The highest BCUT2D eigenvalue weighted by Gasteiger charge is 2.42. The number of methoxy groups -OCH3 is 1. The quantitative estimate of drug-likeness (QED) is 0.337. The van der Waals surface area contributed by atoms with Crippen molar-refractivity contribution in [1.82, 2.24) is 14.1 Å². The minimum Gasteiger partial charge on any atom is -0.633 e. The van der Waals surface area contributed by atoms with Gasteiger partial charge in [-0.15, -0.1) is 0 Å². The van der Waals surface area contributed by atoms with Gasteiger partial charge in [-0.2, -0.15) is 4.31 Å². The molecule has 0 unspecified atom stereocenters. The smallest absolute Gasteiger partial charge is 0.248 e. The number of hydrogen-bond donors (Lipinski definition) is 0. The normalized spacial score (nSPS) is 28.4. The van der Waals surface area contributed by atoms with Gasteiger partial charge in [0.05, 0.1) is 57.0 Å². The summed E-state index contributed by atoms with van der Waals surface area (Å²) in [5.74, 6) is 0.513. The molecule has 1 atom stereocenters. The average molecular weight is 583 g/mol. The van der Waals surface area contributed by atoms with Gasteiger partial charge >= 0.3 is 0 Å². The number of likely N-dealkylation sites (tertiary alicyclic amines) is 1. The molecule has 3 saturated heterocycles. The maximum Gasteiger partial charge on any atom is 0.248 e. The number of hydrogen-bond acceptors (Lipinski definition) is 8. The van der Waals surface area contributed by atoms with Gasteiger partial charge in [0.25, 0.3) is 0 Å². The number of nitrogens with zero attached hydrogens (tertiary/aromatic N) is 4. The molecule has 0 radical (unpaired) electrons. The summed E-state index contributed by atoms with van der Waals surface area (Å²) in [5.41, 5.74) is 0.575. The number of quaternary nitrogens is 1. The Morgan fingerprint density at radius 2 is 1.73 bits per heavy atom. The lowest BCUT2D eigenvalue weighted by atomic mass is 10.0. The molecule has 12 heteroatoms. The van der Waals surface area contributed by atoms with Crippen molar-refractivity contribution >= 4 is 15.9 Å². The number of ether oxygens (including phenoxy) is 3. The molecule has 0 aliphatic carbocycles. The van der Waals surface area contributed by atoms with E-state index in [0.717, 1.165) is 25.9 Å². The van der Waals surface area contributed by atoms with Crippen molar-refractivity contribution in [3.63, 3.8) is 0 Å². The number of carbonyl (C=O) groups is 1. The van der Waals surface area contributed by atoms with Crippen LogP contribution in [0.3, 0.4) is 0 Å². The summed E-state index contributed by atoms with van der Waals surface area (Å²) < 4.78 is 46.3. The molecule has 1 aromatic carbocycles. The third-order valence-corrected chi connectivity index (χ3v) is 10.6. The maximum atomic E-state index is 13.9. The van der Waals surface area contributed by atoms with Crippen molar-refractivity contribution in [2.24, 2.45) is 0 Å². The molecule has 0 bridgehead atoms. The first-order chi connectivity index (χ1) is 18.7. The molecule has 40 heavy (non-hydrogen) atoms. The molecule has 226 valence electrons. The molecule has 3 fully saturated rings. The second-order valence-corrected chi connectivity index (χ2v) is 14.1. The molecular formula is C28H46N4O7S. The van der Waals surface area contributed by atoms with E-state index in [4.69, 9.17) is 14.2 Å². The van der Waals surface area contributed by atoms with Crippen LogP contribution in [0.1, 0.15) is 37.8 Å². The van der Waals surface area contributed by atoms with Gasteiger partial charge in [0.15, 0.2) is 0 Å². The van der Waals surface area contributed by atoms with E-state index in [9.17, 15) is 18.4 Å². The molecule has 3 aliphatic rings. The van der Waals surface area contributed by atoms with E-state index >= 15 is 0 Å². The fourth-order valence-corrected chi connectivity index (χ4v) is 8.26. The third-order valence-electron chi connectivity index (χ3n) is 8.44. The number of piperidine rings is 1. The largest absolute Gasteiger partial charge is 0.633 e. The van der Waals surface area contributed by atoms with Gasteiger partial charge in [0.1, 0.15) is 12.4 Å². The molecule has 11 nitrogen and oxygen atoms in total. The molecule has 4 rings (SSSR count). The van der Waals surface area contributed by atoms with Crippen molar-refractivity contribution in [2.45, 2.75) is 63.1 Å². The number of amides is 1. The first kappa shape index (κ1) is 31.1. The fourth-order valence-electron chi connectivity index (χ4n) is 6.10. The molecule has 0 saturated carbocycles. The zero-order chi connectivity index (χ0) is 29.3. The monoisotopic (exact) mass is 582 g/mol. The molecule has 0 N–H and O–H groups in total. The number of aryl methyl sites for hydroxylation is 2. The lowest BCUT2D eigenvalue weighted by Gasteiger charge is -2.48. The fraction of sp³-hybridized carbons (Fsp3) is 0.750. The van der Waals surface area contributed by atoms with Crippen molar-refractivity contribution in [1.29, 1.82) is 0 Å². The predicted molar refractivity (Wildman–Crippen MR) is 151 cm³/mol. The van der Waals surface area contributed by atoms with Gasteiger partial charge in [-0.05, 0) is 51.0 Å². The van der Waals surface area contributed by atoms with Crippen LogP contribution < -0.4 is 4.74 Å². The van der Waals surface area contributed by atoms with Crippen LogP contribution in [0.2, 0.25) is 0 Å². The Morgan fingerprint density at radius 3 is 2.30 bits per heavy atom. The summed E-state index contributed by atoms with van der Waals surface area (Å²) in [7, 11) is -0.571. The number of sulfonamides is 1. The number of piperazine rings is 1. The van der Waals surface area contributed by atoms with Gasteiger partial charge in [-0.3, -0.25) is 9.69 Å². The third kappa shape index (κ3) is 7.15. The summed E-state index contributed by atoms with van der Waals surface area (Å²) in [4.78, 5) is 17.4. The molecule has 3 aliphatic heterocycles. The van der Waals surface area contributed by atoms with Gasteiger partial charge < -0.3 is 29.0 Å². The van der Waals surface area contributed by atoms with Gasteiger partial charge in [-0.25, -0.2) is 8.42 Å². The average Bonchev–Trinajstić information content (AvgIpc) is 2.88.